The average Bonchev–Trinajstić information content (AvgIpc) is 3.25. The molecule has 184 valence electrons. The average molecular weight is 541 g/mol. The molecule has 10 heteroatoms. The molecule has 0 amide bonds. The fourth-order valence-electron chi connectivity index (χ4n) is 3.84. The summed E-state index contributed by atoms with van der Waals surface area (Å²) in [5.41, 5.74) is -0.677. The molecule has 0 N–H and O–H groups in total. The number of alkyl halides is 3. The van der Waals surface area contributed by atoms with Gasteiger partial charge in [0.05, 0.1) is 22.0 Å². The van der Waals surface area contributed by atoms with Crippen LogP contribution in [-0.2, 0) is 26.7 Å². The first-order valence-corrected chi connectivity index (χ1v) is 13.2. The normalized spacial score (nSPS) is 19.6. The van der Waals surface area contributed by atoms with E-state index in [1.54, 1.807) is 48.7 Å². The molecule has 0 spiro atoms. The van der Waals surface area contributed by atoms with Crippen molar-refractivity contribution in [2.45, 2.75) is 36.6 Å². The van der Waals surface area contributed by atoms with E-state index in [0.717, 1.165) is 11.1 Å². The molecule has 4 nitrogen and oxygen atoms in total. The zero-order chi connectivity index (χ0) is 25.4. The minimum atomic E-state index is -4.76. The minimum Gasteiger partial charge on any atom is -0.374 e. The third-order valence-electron chi connectivity index (χ3n) is 5.85. The molecule has 0 saturated heterocycles. The Balaban J connectivity index is 1.60. The van der Waals surface area contributed by atoms with Gasteiger partial charge in [0.25, 0.3) is 5.60 Å². The van der Waals surface area contributed by atoms with Gasteiger partial charge < -0.3 is 4.84 Å². The maximum atomic E-state index is 14.2. The summed E-state index contributed by atoms with van der Waals surface area (Å²) in [5.74, 6) is 0. The number of rotatable bonds is 5. The van der Waals surface area contributed by atoms with Crippen LogP contribution in [0.25, 0.3) is 0 Å². The van der Waals surface area contributed by atoms with Gasteiger partial charge in [0.1, 0.15) is 0 Å². The molecule has 1 aliphatic heterocycles. The molecule has 2 atom stereocenters. The molecule has 0 radical (unpaired) electrons. The van der Waals surface area contributed by atoms with E-state index in [2.05, 4.69) is 9.52 Å². The lowest BCUT2D eigenvalue weighted by Crippen LogP contribution is -2.42. The van der Waals surface area contributed by atoms with Crippen LogP contribution >= 0.6 is 23.2 Å². The molecule has 1 heterocycles. The summed E-state index contributed by atoms with van der Waals surface area (Å²) < 4.78 is 60.0. The first-order chi connectivity index (χ1) is 16.4. The predicted molar refractivity (Wildman–Crippen MR) is 133 cm³/mol. The van der Waals surface area contributed by atoms with Crippen molar-refractivity contribution < 1.29 is 22.2 Å². The Morgan fingerprint density at radius 3 is 2.31 bits per heavy atom. The number of benzene rings is 3. The van der Waals surface area contributed by atoms with Crippen LogP contribution in [-0.4, -0.2) is 22.4 Å². The van der Waals surface area contributed by atoms with E-state index in [-0.39, 0.29) is 27.9 Å². The molecular weight excluding hydrogens is 520 g/mol. The second-order valence-electron chi connectivity index (χ2n) is 8.33. The van der Waals surface area contributed by atoms with Crippen LogP contribution in [0.3, 0.4) is 0 Å². The summed E-state index contributed by atoms with van der Waals surface area (Å²) in [4.78, 5) is 5.70. The highest BCUT2D eigenvalue weighted by Crippen LogP contribution is 2.49. The van der Waals surface area contributed by atoms with Gasteiger partial charge in [-0.15, -0.1) is 0 Å². The third kappa shape index (κ3) is 5.20. The van der Waals surface area contributed by atoms with Crippen molar-refractivity contribution in [3.05, 3.63) is 99.0 Å². The lowest BCUT2D eigenvalue weighted by atomic mass is 9.86. The van der Waals surface area contributed by atoms with E-state index in [4.69, 9.17) is 28.0 Å². The van der Waals surface area contributed by atoms with Gasteiger partial charge in [-0.3, -0.25) is 0 Å². The molecule has 0 saturated carbocycles. The molecule has 3 aromatic carbocycles. The molecule has 3 aromatic rings. The second-order valence-corrected chi connectivity index (χ2v) is 11.5. The van der Waals surface area contributed by atoms with Gasteiger partial charge in [-0.1, -0.05) is 58.7 Å². The molecular formula is C25H21Cl2F3N2O2S. The smallest absolute Gasteiger partial charge is 0.374 e. The Kier molecular flexibility index (Phi) is 6.92. The number of nitrogens with zero attached hydrogens (tertiary/aromatic N) is 2. The van der Waals surface area contributed by atoms with Crippen LogP contribution < -0.4 is 0 Å². The van der Waals surface area contributed by atoms with Crippen LogP contribution in [0.5, 0.6) is 0 Å². The van der Waals surface area contributed by atoms with Gasteiger partial charge in [-0.25, -0.2) is 8.57 Å². The summed E-state index contributed by atoms with van der Waals surface area (Å²) in [6.07, 6.45) is -3.72. The Morgan fingerprint density at radius 2 is 1.71 bits per heavy atom. The largest absolute Gasteiger partial charge is 0.435 e. The Labute approximate surface area is 211 Å². The second kappa shape index (κ2) is 9.48. The standard InChI is InChI=1S/C25H21Cl2F3N2O2S/c1-16-10-17(8-9-18(16)15-31-35(2,33)22-6-4-3-5-7-22)23-14-24(34-32-23,25(28,29)30)19-11-20(26)13-21(27)12-19/h3-13H,14-15H2,1-2H3. The first-order valence-electron chi connectivity index (χ1n) is 10.5. The van der Waals surface area contributed by atoms with E-state index in [1.807, 2.05) is 13.0 Å². The van der Waals surface area contributed by atoms with Gasteiger partial charge in [-0.2, -0.15) is 13.2 Å². The molecule has 0 bridgehead atoms. The quantitative estimate of drug-likeness (QED) is 0.335. The number of hydrogen-bond donors (Lipinski definition) is 0. The minimum absolute atomic E-state index is 0.0696. The zero-order valence-electron chi connectivity index (χ0n) is 18.8. The maximum absolute atomic E-state index is 14.2. The SMILES string of the molecule is Cc1cc(C2=NOC(c3cc(Cl)cc(Cl)c3)(C(F)(F)F)C2)ccc1CN=S(C)(=O)c1ccccc1. The molecule has 0 fully saturated rings. The molecule has 1 aliphatic rings. The molecule has 4 rings (SSSR count). The molecule has 0 aliphatic carbocycles. The zero-order valence-corrected chi connectivity index (χ0v) is 21.1. The third-order valence-corrected chi connectivity index (χ3v) is 8.06. The summed E-state index contributed by atoms with van der Waals surface area (Å²) in [5, 5.41) is 3.94. The topological polar surface area (TPSA) is 51.0 Å². The van der Waals surface area contributed by atoms with Crippen molar-refractivity contribution in [3.63, 3.8) is 0 Å². The summed E-state index contributed by atoms with van der Waals surface area (Å²) in [6, 6.07) is 17.8. The van der Waals surface area contributed by atoms with Crippen molar-refractivity contribution in [3.8, 4) is 0 Å². The fourth-order valence-corrected chi connectivity index (χ4v) is 5.56. The number of hydrogen-bond acceptors (Lipinski definition) is 4. The number of aryl methyl sites for hydroxylation is 1. The van der Waals surface area contributed by atoms with Gasteiger partial charge in [0.2, 0.25) is 0 Å². The van der Waals surface area contributed by atoms with E-state index < -0.39 is 27.9 Å². The van der Waals surface area contributed by atoms with Crippen molar-refractivity contribution in [1.29, 1.82) is 0 Å². The summed E-state index contributed by atoms with van der Waals surface area (Å²) in [6.45, 7) is 2.02. The van der Waals surface area contributed by atoms with E-state index in [0.29, 0.717) is 10.5 Å². The number of halogens is 5. The van der Waals surface area contributed by atoms with Crippen LogP contribution in [0, 0.1) is 6.92 Å². The van der Waals surface area contributed by atoms with Crippen LogP contribution in [0.15, 0.2) is 81.1 Å². The van der Waals surface area contributed by atoms with E-state index in [9.17, 15) is 17.4 Å². The Bertz CT molecular complexity index is 1400. The first kappa shape index (κ1) is 25.5. The highest BCUT2D eigenvalue weighted by molar-refractivity contribution is 7.93. The van der Waals surface area contributed by atoms with Crippen LogP contribution in [0.2, 0.25) is 10.0 Å². The highest BCUT2D eigenvalue weighted by Gasteiger charge is 2.62. The molecule has 2 unspecified atom stereocenters. The van der Waals surface area contributed by atoms with Crippen LogP contribution in [0.4, 0.5) is 13.2 Å². The fraction of sp³-hybridized carbons (Fsp3) is 0.240. The monoisotopic (exact) mass is 540 g/mol. The molecule has 35 heavy (non-hydrogen) atoms. The van der Waals surface area contributed by atoms with Gasteiger partial charge >= 0.3 is 6.18 Å². The maximum Gasteiger partial charge on any atom is 0.435 e. The van der Waals surface area contributed by atoms with Gasteiger partial charge in [0.15, 0.2) is 0 Å². The summed E-state index contributed by atoms with van der Waals surface area (Å²) >= 11 is 11.9. The Morgan fingerprint density at radius 1 is 1.06 bits per heavy atom. The number of oxime groups is 1. The van der Waals surface area contributed by atoms with Crippen molar-refractivity contribution >= 4 is 38.6 Å². The van der Waals surface area contributed by atoms with Crippen molar-refractivity contribution in [2.24, 2.45) is 9.52 Å². The summed E-state index contributed by atoms with van der Waals surface area (Å²) in [7, 11) is -2.59. The lowest BCUT2D eigenvalue weighted by molar-refractivity contribution is -0.275. The van der Waals surface area contributed by atoms with Crippen LogP contribution in [0.1, 0.15) is 28.7 Å². The van der Waals surface area contributed by atoms with E-state index in [1.165, 1.54) is 18.2 Å². The van der Waals surface area contributed by atoms with Crippen molar-refractivity contribution in [1.82, 2.24) is 0 Å². The highest BCUT2D eigenvalue weighted by atomic mass is 35.5. The van der Waals surface area contributed by atoms with Gasteiger partial charge in [-0.05, 0) is 60.0 Å². The van der Waals surface area contributed by atoms with E-state index >= 15 is 0 Å². The van der Waals surface area contributed by atoms with Gasteiger partial charge in [0, 0.05) is 33.2 Å². The van der Waals surface area contributed by atoms with Crippen molar-refractivity contribution in [2.75, 3.05) is 6.26 Å². The lowest BCUT2D eigenvalue weighted by Gasteiger charge is -2.29. The predicted octanol–water partition coefficient (Wildman–Crippen LogP) is 7.54. The Hall–Kier alpha value is -2.55. The molecule has 0 aromatic heterocycles.